The van der Waals surface area contributed by atoms with E-state index in [-0.39, 0.29) is 0 Å². The van der Waals surface area contributed by atoms with Gasteiger partial charge in [-0.3, -0.25) is 4.90 Å². The third kappa shape index (κ3) is 1.75. The van der Waals surface area contributed by atoms with Gasteiger partial charge in [-0.25, -0.2) is 0 Å². The Morgan fingerprint density at radius 3 is 2.08 bits per heavy atom. The van der Waals surface area contributed by atoms with Crippen LogP contribution in [0.1, 0.15) is 26.7 Å². The highest BCUT2D eigenvalue weighted by atomic mass is 15.2. The van der Waals surface area contributed by atoms with Crippen molar-refractivity contribution in [3.8, 4) is 0 Å². The Balaban J connectivity index is 1.83. The number of nitrogens with zero attached hydrogens (tertiary/aromatic N) is 1. The first kappa shape index (κ1) is 9.47. The van der Waals surface area contributed by atoms with Gasteiger partial charge in [-0.2, -0.15) is 0 Å². The number of fused-ring (bicyclic) bond motifs is 1. The first-order valence-corrected chi connectivity index (χ1v) is 5.83. The lowest BCUT2D eigenvalue weighted by Gasteiger charge is -2.23. The molecule has 2 atom stereocenters. The van der Waals surface area contributed by atoms with Crippen molar-refractivity contribution in [3.63, 3.8) is 0 Å². The molecule has 0 aromatic rings. The van der Waals surface area contributed by atoms with Crippen LogP contribution in [-0.2, 0) is 0 Å². The molecule has 2 heteroatoms. The van der Waals surface area contributed by atoms with Gasteiger partial charge in [-0.15, -0.1) is 0 Å². The van der Waals surface area contributed by atoms with Gasteiger partial charge >= 0.3 is 0 Å². The lowest BCUT2D eigenvalue weighted by atomic mass is 10.3. The summed E-state index contributed by atoms with van der Waals surface area (Å²) in [5, 5.41) is 3.46. The fourth-order valence-corrected chi connectivity index (χ4v) is 2.91. The van der Waals surface area contributed by atoms with Gasteiger partial charge in [-0.05, 0) is 50.9 Å². The van der Waals surface area contributed by atoms with Gasteiger partial charge in [0.15, 0.2) is 0 Å². The molecule has 2 nitrogen and oxygen atoms in total. The van der Waals surface area contributed by atoms with Crippen LogP contribution in [0.3, 0.4) is 0 Å². The standard InChI is InChI=1S/C11H22N2/c1-3-5-13(6-4-2)11-9-7-12-8-10(9)11/h9-12H,3-8H2,1-2H3. The summed E-state index contributed by atoms with van der Waals surface area (Å²) in [6.45, 7) is 9.76. The van der Waals surface area contributed by atoms with Gasteiger partial charge in [0.25, 0.3) is 0 Å². The Morgan fingerprint density at radius 1 is 1.08 bits per heavy atom. The van der Waals surface area contributed by atoms with Crippen LogP contribution in [0.4, 0.5) is 0 Å². The first-order valence-electron chi connectivity index (χ1n) is 5.83. The zero-order valence-corrected chi connectivity index (χ0v) is 8.92. The average molecular weight is 182 g/mol. The Hall–Kier alpha value is -0.0800. The topological polar surface area (TPSA) is 15.3 Å². The van der Waals surface area contributed by atoms with Crippen molar-refractivity contribution in [1.82, 2.24) is 10.2 Å². The van der Waals surface area contributed by atoms with Gasteiger partial charge in [0, 0.05) is 6.04 Å². The molecule has 1 saturated heterocycles. The van der Waals surface area contributed by atoms with Crippen molar-refractivity contribution >= 4 is 0 Å². The van der Waals surface area contributed by atoms with E-state index in [1.54, 1.807) is 0 Å². The van der Waals surface area contributed by atoms with E-state index < -0.39 is 0 Å². The van der Waals surface area contributed by atoms with E-state index in [4.69, 9.17) is 0 Å². The molecular weight excluding hydrogens is 160 g/mol. The summed E-state index contributed by atoms with van der Waals surface area (Å²) in [6.07, 6.45) is 2.62. The van der Waals surface area contributed by atoms with E-state index in [0.29, 0.717) is 0 Å². The number of hydrogen-bond donors (Lipinski definition) is 1. The Morgan fingerprint density at radius 2 is 1.62 bits per heavy atom. The molecule has 2 unspecified atom stereocenters. The molecule has 0 aromatic heterocycles. The molecule has 13 heavy (non-hydrogen) atoms. The molecule has 0 radical (unpaired) electrons. The molecule has 76 valence electrons. The van der Waals surface area contributed by atoms with Crippen molar-refractivity contribution in [2.75, 3.05) is 26.2 Å². The summed E-state index contributed by atoms with van der Waals surface area (Å²) < 4.78 is 0. The Bertz CT molecular complexity index is 153. The Kier molecular flexibility index (Phi) is 2.89. The minimum Gasteiger partial charge on any atom is -0.316 e. The highest BCUT2D eigenvalue weighted by Gasteiger charge is 2.55. The minimum atomic E-state index is 0.946. The van der Waals surface area contributed by atoms with Crippen LogP contribution in [0.5, 0.6) is 0 Å². The fraction of sp³-hybridized carbons (Fsp3) is 1.00. The van der Waals surface area contributed by atoms with Crippen molar-refractivity contribution in [2.45, 2.75) is 32.7 Å². The first-order chi connectivity index (χ1) is 6.38. The molecule has 1 N–H and O–H groups in total. The summed E-state index contributed by atoms with van der Waals surface area (Å²) in [6, 6.07) is 0.946. The van der Waals surface area contributed by atoms with Crippen LogP contribution >= 0.6 is 0 Å². The fourth-order valence-electron chi connectivity index (χ4n) is 2.91. The number of rotatable bonds is 5. The van der Waals surface area contributed by atoms with Crippen LogP contribution in [0, 0.1) is 11.8 Å². The summed E-state index contributed by atoms with van der Waals surface area (Å²) in [5.74, 6) is 2.00. The van der Waals surface area contributed by atoms with Crippen LogP contribution < -0.4 is 5.32 Å². The molecule has 0 bridgehead atoms. The summed E-state index contributed by atoms with van der Waals surface area (Å²) >= 11 is 0. The molecule has 1 saturated carbocycles. The summed E-state index contributed by atoms with van der Waals surface area (Å²) in [4.78, 5) is 2.72. The molecule has 0 aromatic carbocycles. The van der Waals surface area contributed by atoms with E-state index in [1.807, 2.05) is 0 Å². The zero-order valence-electron chi connectivity index (χ0n) is 8.92. The maximum atomic E-state index is 3.46. The largest absolute Gasteiger partial charge is 0.316 e. The monoisotopic (exact) mass is 182 g/mol. The zero-order chi connectivity index (χ0) is 9.26. The van der Waals surface area contributed by atoms with Crippen molar-refractivity contribution in [2.24, 2.45) is 11.8 Å². The second-order valence-electron chi connectivity index (χ2n) is 4.51. The maximum absolute atomic E-state index is 3.46. The molecule has 1 aliphatic heterocycles. The average Bonchev–Trinajstić information content (AvgIpc) is 2.58. The maximum Gasteiger partial charge on any atom is 0.0183 e. The lowest BCUT2D eigenvalue weighted by molar-refractivity contribution is 0.237. The van der Waals surface area contributed by atoms with Gasteiger partial charge in [0.2, 0.25) is 0 Å². The van der Waals surface area contributed by atoms with Gasteiger partial charge in [0.1, 0.15) is 0 Å². The third-order valence-electron chi connectivity index (χ3n) is 3.49. The lowest BCUT2D eigenvalue weighted by Crippen LogP contribution is -2.34. The molecule has 2 fully saturated rings. The minimum absolute atomic E-state index is 0.946. The molecule has 2 aliphatic rings. The number of nitrogens with one attached hydrogen (secondary N) is 1. The van der Waals surface area contributed by atoms with Crippen molar-refractivity contribution < 1.29 is 0 Å². The molecule has 0 spiro atoms. The van der Waals surface area contributed by atoms with Crippen molar-refractivity contribution in [3.05, 3.63) is 0 Å². The summed E-state index contributed by atoms with van der Waals surface area (Å²) in [5.41, 5.74) is 0. The molecule has 1 heterocycles. The van der Waals surface area contributed by atoms with Gasteiger partial charge in [-0.1, -0.05) is 13.8 Å². The highest BCUT2D eigenvalue weighted by Crippen LogP contribution is 2.45. The van der Waals surface area contributed by atoms with Gasteiger partial charge < -0.3 is 5.32 Å². The summed E-state index contributed by atoms with van der Waals surface area (Å²) in [7, 11) is 0. The molecular formula is C11H22N2. The van der Waals surface area contributed by atoms with Gasteiger partial charge in [0.05, 0.1) is 0 Å². The van der Waals surface area contributed by atoms with E-state index in [0.717, 1.165) is 17.9 Å². The SMILES string of the molecule is CCCN(CCC)C1C2CNCC21. The highest BCUT2D eigenvalue weighted by molar-refractivity contribution is 5.09. The van der Waals surface area contributed by atoms with Crippen LogP contribution in [-0.4, -0.2) is 37.1 Å². The van der Waals surface area contributed by atoms with E-state index in [9.17, 15) is 0 Å². The predicted octanol–water partition coefficient (Wildman–Crippen LogP) is 1.33. The van der Waals surface area contributed by atoms with Crippen LogP contribution in [0.15, 0.2) is 0 Å². The normalized spacial score (nSPS) is 36.7. The Labute approximate surface area is 81.7 Å². The molecule has 2 rings (SSSR count). The smallest absolute Gasteiger partial charge is 0.0183 e. The van der Waals surface area contributed by atoms with Crippen molar-refractivity contribution in [1.29, 1.82) is 0 Å². The number of hydrogen-bond acceptors (Lipinski definition) is 2. The molecule has 1 aliphatic carbocycles. The number of piperidine rings is 1. The second kappa shape index (κ2) is 3.97. The van der Waals surface area contributed by atoms with E-state index in [2.05, 4.69) is 24.1 Å². The van der Waals surface area contributed by atoms with E-state index in [1.165, 1.54) is 39.0 Å². The van der Waals surface area contributed by atoms with Crippen LogP contribution in [0.2, 0.25) is 0 Å². The predicted molar refractivity (Wildman–Crippen MR) is 55.8 cm³/mol. The molecule has 0 amide bonds. The quantitative estimate of drug-likeness (QED) is 0.690. The second-order valence-corrected chi connectivity index (χ2v) is 4.51. The van der Waals surface area contributed by atoms with E-state index >= 15 is 0 Å². The van der Waals surface area contributed by atoms with Crippen LogP contribution in [0.25, 0.3) is 0 Å². The third-order valence-corrected chi connectivity index (χ3v) is 3.49.